The van der Waals surface area contributed by atoms with Gasteiger partial charge in [-0.05, 0) is 0 Å². The van der Waals surface area contributed by atoms with Crippen LogP contribution < -0.4 is 0 Å². The van der Waals surface area contributed by atoms with Crippen molar-refractivity contribution in [2.75, 3.05) is 32.7 Å². The van der Waals surface area contributed by atoms with Gasteiger partial charge in [0.15, 0.2) is 0 Å². The van der Waals surface area contributed by atoms with Gasteiger partial charge < -0.3 is 0 Å². The van der Waals surface area contributed by atoms with Crippen molar-refractivity contribution in [1.82, 2.24) is 4.67 Å². The van der Waals surface area contributed by atoms with E-state index in [0.29, 0.717) is 12.3 Å². The fourth-order valence-corrected chi connectivity index (χ4v) is 3.88. The van der Waals surface area contributed by atoms with E-state index in [2.05, 4.69) is 9.41 Å². The van der Waals surface area contributed by atoms with Gasteiger partial charge in [-0.1, -0.05) is 0 Å². The zero-order chi connectivity index (χ0) is 14.0. The van der Waals surface area contributed by atoms with Crippen molar-refractivity contribution in [2.45, 2.75) is 32.1 Å². The number of halogens is 3. The SMILES string of the molecule is COC(=O)CCCCN(CCCCCl)[PH](C)(Cl)Cl. The molecule has 0 amide bonds. The summed E-state index contributed by atoms with van der Waals surface area (Å²) in [5.74, 6) is 0.499. The van der Waals surface area contributed by atoms with Crippen LogP contribution in [-0.4, -0.2) is 43.4 Å². The molecule has 3 nitrogen and oxygen atoms in total. The summed E-state index contributed by atoms with van der Waals surface area (Å²) in [7, 11) is 1.41. The Morgan fingerprint density at radius 1 is 1.17 bits per heavy atom. The van der Waals surface area contributed by atoms with Crippen molar-refractivity contribution in [3.05, 3.63) is 0 Å². The average molecular weight is 339 g/mol. The number of unbranched alkanes of at least 4 members (excludes halogenated alkanes) is 2. The van der Waals surface area contributed by atoms with Gasteiger partial charge in [-0.25, -0.2) is 0 Å². The summed E-state index contributed by atoms with van der Waals surface area (Å²) in [4.78, 5) is 11.0. The predicted octanol–water partition coefficient (Wildman–Crippen LogP) is 4.25. The Kier molecular flexibility index (Phi) is 10.9. The van der Waals surface area contributed by atoms with E-state index in [0.717, 1.165) is 38.8 Å². The monoisotopic (exact) mass is 337 g/mol. The van der Waals surface area contributed by atoms with Gasteiger partial charge in [0.25, 0.3) is 0 Å². The van der Waals surface area contributed by atoms with Crippen LogP contribution in [0.5, 0.6) is 0 Å². The minimum absolute atomic E-state index is 0.166. The molecule has 0 rings (SSSR count). The Morgan fingerprint density at radius 3 is 2.17 bits per heavy atom. The summed E-state index contributed by atoms with van der Waals surface area (Å²) in [5, 5.41) is 0. The van der Waals surface area contributed by atoms with Gasteiger partial charge >= 0.3 is 125 Å². The number of alkyl halides is 1. The molecule has 0 aromatic carbocycles. The van der Waals surface area contributed by atoms with Crippen molar-refractivity contribution in [2.24, 2.45) is 0 Å². The second kappa shape index (κ2) is 10.5. The van der Waals surface area contributed by atoms with E-state index >= 15 is 0 Å². The normalized spacial score (nSPS) is 12.8. The van der Waals surface area contributed by atoms with Crippen LogP contribution in [0.15, 0.2) is 0 Å². The van der Waals surface area contributed by atoms with Gasteiger partial charge in [-0.2, -0.15) is 0 Å². The molecular weight excluding hydrogens is 315 g/mol. The first-order chi connectivity index (χ1) is 8.41. The molecule has 0 fully saturated rings. The van der Waals surface area contributed by atoms with Crippen LogP contribution in [0.25, 0.3) is 0 Å². The average Bonchev–Trinajstić information content (AvgIpc) is 2.30. The van der Waals surface area contributed by atoms with Crippen LogP contribution in [0.4, 0.5) is 0 Å². The molecule has 0 saturated carbocycles. The molecular formula is C11H23Cl3NO2P. The molecule has 0 aromatic heterocycles. The van der Waals surface area contributed by atoms with Crippen LogP contribution in [0.3, 0.4) is 0 Å². The molecule has 0 bridgehead atoms. The first kappa shape index (κ1) is 18.7. The molecule has 0 unspecified atom stereocenters. The zero-order valence-electron chi connectivity index (χ0n) is 11.1. The van der Waals surface area contributed by atoms with E-state index in [1.807, 2.05) is 6.66 Å². The van der Waals surface area contributed by atoms with Crippen molar-refractivity contribution in [3.63, 3.8) is 0 Å². The number of methoxy groups -OCH3 is 1. The van der Waals surface area contributed by atoms with E-state index in [1.54, 1.807) is 0 Å². The number of ether oxygens (including phenoxy) is 1. The number of carbonyl (C=O) groups is 1. The Hall–Kier alpha value is 0.730. The van der Waals surface area contributed by atoms with Crippen LogP contribution >= 0.6 is 40.2 Å². The number of nitrogens with zero attached hydrogens (tertiary/aromatic N) is 1. The molecule has 0 aliphatic rings. The molecule has 0 saturated heterocycles. The third kappa shape index (κ3) is 9.63. The van der Waals surface area contributed by atoms with Gasteiger partial charge in [-0.3, -0.25) is 0 Å². The Morgan fingerprint density at radius 2 is 1.72 bits per heavy atom. The molecule has 0 aliphatic carbocycles. The van der Waals surface area contributed by atoms with E-state index in [9.17, 15) is 4.79 Å². The van der Waals surface area contributed by atoms with Crippen LogP contribution in [0, 0.1) is 0 Å². The van der Waals surface area contributed by atoms with E-state index in [1.165, 1.54) is 7.11 Å². The predicted molar refractivity (Wildman–Crippen MR) is 83.3 cm³/mol. The molecule has 0 radical (unpaired) electrons. The summed E-state index contributed by atoms with van der Waals surface area (Å²) in [6.07, 6.45) is 1.83. The quantitative estimate of drug-likeness (QED) is 0.258. The fourth-order valence-electron chi connectivity index (χ4n) is 1.58. The summed E-state index contributed by atoms with van der Waals surface area (Å²) in [6, 6.07) is 0. The van der Waals surface area contributed by atoms with Crippen molar-refractivity contribution in [3.8, 4) is 0 Å². The number of hydrogen-bond acceptors (Lipinski definition) is 3. The van der Waals surface area contributed by atoms with E-state index in [-0.39, 0.29) is 5.97 Å². The summed E-state index contributed by atoms with van der Waals surface area (Å²) < 4.78 is 6.73. The topological polar surface area (TPSA) is 29.5 Å². The van der Waals surface area contributed by atoms with Crippen molar-refractivity contribution in [1.29, 1.82) is 0 Å². The molecule has 110 valence electrons. The number of hydrogen-bond donors (Lipinski definition) is 0. The van der Waals surface area contributed by atoms with E-state index < -0.39 is 6.12 Å². The second-order valence-corrected chi connectivity index (χ2v) is 11.9. The molecule has 0 spiro atoms. The van der Waals surface area contributed by atoms with Gasteiger partial charge in [0, 0.05) is 0 Å². The van der Waals surface area contributed by atoms with Gasteiger partial charge in [-0.15, -0.1) is 0 Å². The Bertz CT molecular complexity index is 237. The third-order valence-corrected chi connectivity index (χ3v) is 5.91. The molecule has 0 atom stereocenters. The summed E-state index contributed by atoms with van der Waals surface area (Å²) in [5.41, 5.74) is 0. The van der Waals surface area contributed by atoms with Crippen LogP contribution in [-0.2, 0) is 9.53 Å². The fraction of sp³-hybridized carbons (Fsp3) is 0.909. The summed E-state index contributed by atoms with van der Waals surface area (Å²) in [6.45, 7) is 3.60. The van der Waals surface area contributed by atoms with E-state index in [4.69, 9.17) is 34.1 Å². The molecule has 0 N–H and O–H groups in total. The standard InChI is InChI=1S/C11H23Cl3NO2P/c1-17-11(16)7-3-5-9-15(18(2,13)14)10-6-4-8-12/h18H,3-10H2,1-2H3. The molecule has 0 aliphatic heterocycles. The number of esters is 1. The molecule has 0 aromatic rings. The zero-order valence-corrected chi connectivity index (χ0v) is 14.3. The second-order valence-electron chi connectivity index (χ2n) is 4.26. The minimum atomic E-state index is -2.30. The Balaban J connectivity index is 3.91. The first-order valence-electron chi connectivity index (χ1n) is 6.17. The van der Waals surface area contributed by atoms with Gasteiger partial charge in [0.05, 0.1) is 0 Å². The first-order valence-corrected chi connectivity index (χ1v) is 11.2. The van der Waals surface area contributed by atoms with Crippen molar-refractivity contribution >= 4 is 46.2 Å². The van der Waals surface area contributed by atoms with Gasteiger partial charge in [0.2, 0.25) is 0 Å². The van der Waals surface area contributed by atoms with Gasteiger partial charge in [0.1, 0.15) is 0 Å². The molecule has 7 heteroatoms. The third-order valence-electron chi connectivity index (χ3n) is 2.65. The Labute approximate surface area is 125 Å². The van der Waals surface area contributed by atoms with Crippen LogP contribution in [0.1, 0.15) is 32.1 Å². The molecule has 18 heavy (non-hydrogen) atoms. The summed E-state index contributed by atoms with van der Waals surface area (Å²) >= 11 is 18.2. The number of carbonyl (C=O) groups excluding carboxylic acids is 1. The number of rotatable bonds is 10. The maximum atomic E-state index is 11.0. The maximum absolute atomic E-state index is 11.0. The molecule has 0 heterocycles. The van der Waals surface area contributed by atoms with Crippen LogP contribution in [0.2, 0.25) is 0 Å². The van der Waals surface area contributed by atoms with Crippen molar-refractivity contribution < 1.29 is 9.53 Å².